The van der Waals surface area contributed by atoms with Crippen molar-refractivity contribution in [3.05, 3.63) is 69.3 Å². The number of rotatable bonds is 6. The van der Waals surface area contributed by atoms with Gasteiger partial charge in [-0.3, -0.25) is 29.5 Å². The number of carbonyl (C=O) groups excluding carboxylic acids is 3. The molecule has 10 nitrogen and oxygen atoms in total. The summed E-state index contributed by atoms with van der Waals surface area (Å²) >= 11 is 0. The van der Waals surface area contributed by atoms with Crippen molar-refractivity contribution in [2.75, 3.05) is 21.2 Å². The Hall–Kier alpha value is -4.21. The molecular formula is C21H19N3O7. The molecule has 0 atom stereocenters. The summed E-state index contributed by atoms with van der Waals surface area (Å²) in [5, 5.41) is 11.7. The molecule has 0 N–H and O–H groups in total. The summed E-state index contributed by atoms with van der Waals surface area (Å²) < 4.78 is 11.0. The molecule has 31 heavy (non-hydrogen) atoms. The first-order valence-electron chi connectivity index (χ1n) is 9.09. The molecular weight excluding hydrogens is 406 g/mol. The summed E-state index contributed by atoms with van der Waals surface area (Å²) in [5.41, 5.74) is 0.0428. The number of carbonyl (C=O) groups is 3. The Kier molecular flexibility index (Phi) is 6.00. The Labute approximate surface area is 177 Å². The van der Waals surface area contributed by atoms with Gasteiger partial charge in [0.2, 0.25) is 0 Å². The number of imide groups is 2. The number of nitro groups is 1. The Morgan fingerprint density at radius 3 is 2.16 bits per heavy atom. The molecule has 4 amide bonds. The molecule has 0 spiro atoms. The molecule has 0 aliphatic carbocycles. The maximum Gasteiger partial charge on any atom is 0.333 e. The van der Waals surface area contributed by atoms with Gasteiger partial charge >= 0.3 is 6.03 Å². The standard InChI is InChI=1S/C21H19N3O7/c1-22-19(25)15(20(26)23(2)21(22)27)9-14-10-17(30-3)18(11-16(14)24(28)29)31-12-13-7-5-4-6-8-13/h4-11H,12H2,1-3H3. The van der Waals surface area contributed by atoms with E-state index in [1.54, 1.807) is 0 Å². The molecule has 0 unspecified atom stereocenters. The number of urea groups is 1. The highest BCUT2D eigenvalue weighted by Crippen LogP contribution is 2.36. The van der Waals surface area contributed by atoms with Crippen LogP contribution in [0, 0.1) is 10.1 Å². The summed E-state index contributed by atoms with van der Waals surface area (Å²) in [5.74, 6) is -1.40. The molecule has 0 bridgehead atoms. The summed E-state index contributed by atoms with van der Waals surface area (Å²) in [4.78, 5) is 49.3. The predicted molar refractivity (Wildman–Crippen MR) is 109 cm³/mol. The lowest BCUT2D eigenvalue weighted by molar-refractivity contribution is -0.385. The van der Waals surface area contributed by atoms with Gasteiger partial charge in [0.15, 0.2) is 11.5 Å². The van der Waals surface area contributed by atoms with Crippen LogP contribution in [0.25, 0.3) is 6.08 Å². The number of nitrogens with zero attached hydrogens (tertiary/aromatic N) is 3. The minimum Gasteiger partial charge on any atom is -0.493 e. The lowest BCUT2D eigenvalue weighted by Gasteiger charge is -2.28. The van der Waals surface area contributed by atoms with E-state index in [0.29, 0.717) is 0 Å². The number of likely N-dealkylation sites (N-methyl/N-ethyl adjacent to an activating group) is 2. The number of ether oxygens (including phenoxy) is 2. The van der Waals surface area contributed by atoms with Crippen LogP contribution in [0.15, 0.2) is 48.0 Å². The number of barbiturate groups is 1. The Morgan fingerprint density at radius 1 is 1.00 bits per heavy atom. The highest BCUT2D eigenvalue weighted by Gasteiger charge is 2.38. The van der Waals surface area contributed by atoms with Crippen molar-refractivity contribution < 1.29 is 28.8 Å². The van der Waals surface area contributed by atoms with Gasteiger partial charge in [0.05, 0.1) is 23.7 Å². The first-order valence-corrected chi connectivity index (χ1v) is 9.09. The van der Waals surface area contributed by atoms with Gasteiger partial charge in [0.25, 0.3) is 17.5 Å². The molecule has 2 aromatic carbocycles. The first kappa shape index (κ1) is 21.5. The van der Waals surface area contributed by atoms with Crippen molar-refractivity contribution in [3.8, 4) is 11.5 Å². The number of nitro benzene ring substituents is 1. The number of hydrogen-bond acceptors (Lipinski definition) is 7. The highest BCUT2D eigenvalue weighted by atomic mass is 16.6. The van der Waals surface area contributed by atoms with Crippen LogP contribution in [0.5, 0.6) is 11.5 Å². The van der Waals surface area contributed by atoms with Crippen LogP contribution in [-0.2, 0) is 16.2 Å². The van der Waals surface area contributed by atoms with Gasteiger partial charge in [-0.1, -0.05) is 30.3 Å². The summed E-state index contributed by atoms with van der Waals surface area (Å²) in [6.07, 6.45) is 1.08. The van der Waals surface area contributed by atoms with E-state index in [0.717, 1.165) is 21.4 Å². The highest BCUT2D eigenvalue weighted by molar-refractivity contribution is 6.30. The fourth-order valence-corrected chi connectivity index (χ4v) is 2.98. The van der Waals surface area contributed by atoms with Crippen molar-refractivity contribution in [1.82, 2.24) is 9.80 Å². The van der Waals surface area contributed by atoms with E-state index in [9.17, 15) is 24.5 Å². The van der Waals surface area contributed by atoms with E-state index in [1.807, 2.05) is 30.3 Å². The lowest BCUT2D eigenvalue weighted by Crippen LogP contribution is -2.52. The van der Waals surface area contributed by atoms with Gasteiger partial charge in [-0.15, -0.1) is 0 Å². The number of methoxy groups -OCH3 is 1. The normalized spacial score (nSPS) is 14.0. The largest absolute Gasteiger partial charge is 0.493 e. The SMILES string of the molecule is COc1cc(C=C2C(=O)N(C)C(=O)N(C)C2=O)c([N+](=O)[O-])cc1OCc1ccccc1. The van der Waals surface area contributed by atoms with Crippen LogP contribution in [0.3, 0.4) is 0 Å². The fourth-order valence-electron chi connectivity index (χ4n) is 2.98. The number of hydrogen-bond donors (Lipinski definition) is 0. The summed E-state index contributed by atoms with van der Waals surface area (Å²) in [7, 11) is 3.80. The maximum absolute atomic E-state index is 12.4. The third kappa shape index (κ3) is 4.22. The van der Waals surface area contributed by atoms with Crippen LogP contribution in [0.2, 0.25) is 0 Å². The molecule has 1 heterocycles. The van der Waals surface area contributed by atoms with Crippen molar-refractivity contribution in [2.24, 2.45) is 0 Å². The van der Waals surface area contributed by atoms with Crippen molar-refractivity contribution in [2.45, 2.75) is 6.61 Å². The number of benzene rings is 2. The molecule has 0 radical (unpaired) electrons. The van der Waals surface area contributed by atoms with Gasteiger partial charge < -0.3 is 9.47 Å². The molecule has 0 aromatic heterocycles. The van der Waals surface area contributed by atoms with E-state index in [-0.39, 0.29) is 34.9 Å². The van der Waals surface area contributed by atoms with Crippen LogP contribution < -0.4 is 9.47 Å². The molecule has 10 heteroatoms. The average molecular weight is 425 g/mol. The molecule has 1 aliphatic heterocycles. The van der Waals surface area contributed by atoms with E-state index < -0.39 is 22.8 Å². The third-order valence-electron chi connectivity index (χ3n) is 4.69. The topological polar surface area (TPSA) is 119 Å². The van der Waals surface area contributed by atoms with Crippen molar-refractivity contribution in [3.63, 3.8) is 0 Å². The second-order valence-electron chi connectivity index (χ2n) is 6.66. The fraction of sp³-hybridized carbons (Fsp3) is 0.190. The minimum atomic E-state index is -0.856. The average Bonchev–Trinajstić information content (AvgIpc) is 2.78. The minimum absolute atomic E-state index is 0.0400. The van der Waals surface area contributed by atoms with E-state index >= 15 is 0 Å². The quantitative estimate of drug-likeness (QED) is 0.302. The monoisotopic (exact) mass is 425 g/mol. The van der Waals surface area contributed by atoms with Crippen LogP contribution in [-0.4, -0.2) is 53.8 Å². The molecule has 2 aromatic rings. The molecule has 1 fully saturated rings. The van der Waals surface area contributed by atoms with Gasteiger partial charge in [-0.25, -0.2) is 4.79 Å². The first-order chi connectivity index (χ1) is 14.7. The van der Waals surface area contributed by atoms with Crippen LogP contribution in [0.1, 0.15) is 11.1 Å². The van der Waals surface area contributed by atoms with Crippen molar-refractivity contribution in [1.29, 1.82) is 0 Å². The van der Waals surface area contributed by atoms with E-state index in [2.05, 4.69) is 0 Å². The van der Waals surface area contributed by atoms with Gasteiger partial charge in [-0.2, -0.15) is 0 Å². The lowest BCUT2D eigenvalue weighted by atomic mass is 10.0. The second-order valence-corrected chi connectivity index (χ2v) is 6.66. The Bertz CT molecular complexity index is 1070. The van der Waals surface area contributed by atoms with Gasteiger partial charge in [0, 0.05) is 14.1 Å². The van der Waals surface area contributed by atoms with Gasteiger partial charge in [0.1, 0.15) is 12.2 Å². The van der Waals surface area contributed by atoms with Crippen LogP contribution in [0.4, 0.5) is 10.5 Å². The Morgan fingerprint density at radius 2 is 1.61 bits per heavy atom. The Balaban J connectivity index is 2.03. The molecule has 0 saturated carbocycles. The third-order valence-corrected chi connectivity index (χ3v) is 4.69. The van der Waals surface area contributed by atoms with E-state index in [1.165, 1.54) is 33.3 Å². The van der Waals surface area contributed by atoms with Crippen LogP contribution >= 0.6 is 0 Å². The second kappa shape index (κ2) is 8.66. The maximum atomic E-state index is 12.4. The number of amides is 4. The van der Waals surface area contributed by atoms with Crippen molar-refractivity contribution >= 4 is 29.6 Å². The summed E-state index contributed by atoms with van der Waals surface area (Å²) in [6, 6.07) is 10.9. The zero-order chi connectivity index (χ0) is 22.7. The van der Waals surface area contributed by atoms with Gasteiger partial charge in [-0.05, 0) is 17.7 Å². The smallest absolute Gasteiger partial charge is 0.333 e. The predicted octanol–water partition coefficient (Wildman–Crippen LogP) is 2.62. The molecule has 1 saturated heterocycles. The van der Waals surface area contributed by atoms with E-state index in [4.69, 9.17) is 9.47 Å². The molecule has 3 rings (SSSR count). The molecule has 160 valence electrons. The molecule has 1 aliphatic rings. The zero-order valence-electron chi connectivity index (χ0n) is 17.0. The zero-order valence-corrected chi connectivity index (χ0v) is 17.0. The summed E-state index contributed by atoms with van der Waals surface area (Å²) in [6.45, 7) is 0.156.